The highest BCUT2D eigenvalue weighted by Crippen LogP contribution is 2.44. The largest absolute Gasteiger partial charge is 0.383 e. The summed E-state index contributed by atoms with van der Waals surface area (Å²) in [6.45, 7) is 1.46. The number of methoxy groups -OCH3 is 1. The summed E-state index contributed by atoms with van der Waals surface area (Å²) < 4.78 is 6.84. The van der Waals surface area contributed by atoms with E-state index in [2.05, 4.69) is 15.2 Å². The molecule has 128 valence electrons. The summed E-state index contributed by atoms with van der Waals surface area (Å²) in [5, 5.41) is 14.0. The van der Waals surface area contributed by atoms with Gasteiger partial charge in [-0.25, -0.2) is 4.98 Å². The minimum Gasteiger partial charge on any atom is -0.383 e. The van der Waals surface area contributed by atoms with Crippen LogP contribution in [0.5, 0.6) is 0 Å². The Morgan fingerprint density at radius 3 is 2.74 bits per heavy atom. The zero-order chi connectivity index (χ0) is 16.4. The van der Waals surface area contributed by atoms with Crippen LogP contribution in [0.2, 0.25) is 0 Å². The molecular formula is C16H26N4O3. The molecule has 7 heteroatoms. The van der Waals surface area contributed by atoms with Crippen molar-refractivity contribution in [3.8, 4) is 0 Å². The lowest BCUT2D eigenvalue weighted by Crippen LogP contribution is -2.53. The van der Waals surface area contributed by atoms with Crippen LogP contribution in [0.3, 0.4) is 0 Å². The zero-order valence-electron chi connectivity index (χ0n) is 13.9. The number of fused-ring (bicyclic) bond motifs is 2. The minimum absolute atomic E-state index is 0.0291. The van der Waals surface area contributed by atoms with Gasteiger partial charge in [-0.15, -0.1) is 0 Å². The smallest absolute Gasteiger partial charge is 0.234 e. The number of amides is 1. The Bertz CT molecular complexity index is 545. The second kappa shape index (κ2) is 6.59. The molecule has 2 aliphatic heterocycles. The van der Waals surface area contributed by atoms with Crippen molar-refractivity contribution in [3.05, 3.63) is 18.2 Å². The number of hydrogen-bond donors (Lipinski definition) is 2. The maximum atomic E-state index is 12.1. The van der Waals surface area contributed by atoms with Gasteiger partial charge in [0, 0.05) is 45.2 Å². The molecule has 2 fully saturated rings. The summed E-state index contributed by atoms with van der Waals surface area (Å²) in [6, 6.07) is 0.479. The van der Waals surface area contributed by atoms with Crippen LogP contribution in [0, 0.1) is 0 Å². The van der Waals surface area contributed by atoms with Crippen LogP contribution in [0.4, 0.5) is 0 Å². The van der Waals surface area contributed by atoms with E-state index in [4.69, 9.17) is 4.74 Å². The third-order valence-corrected chi connectivity index (χ3v) is 5.11. The normalized spacial score (nSPS) is 30.6. The summed E-state index contributed by atoms with van der Waals surface area (Å²) in [5.41, 5.74) is -0.882. The molecule has 0 radical (unpaired) electrons. The van der Waals surface area contributed by atoms with Crippen LogP contribution in [-0.4, -0.2) is 64.4 Å². The molecule has 0 saturated carbocycles. The minimum atomic E-state index is -0.882. The number of aryl methyl sites for hydroxylation is 1. The van der Waals surface area contributed by atoms with Gasteiger partial charge in [0.05, 0.1) is 13.2 Å². The molecule has 2 saturated heterocycles. The van der Waals surface area contributed by atoms with Gasteiger partial charge in [-0.3, -0.25) is 9.69 Å². The van der Waals surface area contributed by atoms with Gasteiger partial charge in [0.25, 0.3) is 0 Å². The van der Waals surface area contributed by atoms with E-state index in [0.29, 0.717) is 32.5 Å². The number of imidazole rings is 1. The summed E-state index contributed by atoms with van der Waals surface area (Å²) in [5.74, 6) is 0.764. The van der Waals surface area contributed by atoms with Gasteiger partial charge < -0.3 is 19.7 Å². The zero-order valence-corrected chi connectivity index (χ0v) is 13.9. The summed E-state index contributed by atoms with van der Waals surface area (Å²) in [7, 11) is 3.54. The van der Waals surface area contributed by atoms with E-state index >= 15 is 0 Å². The second-order valence-electron chi connectivity index (χ2n) is 6.70. The monoisotopic (exact) mass is 322 g/mol. The third kappa shape index (κ3) is 3.27. The highest BCUT2D eigenvalue weighted by Gasteiger charge is 2.50. The molecule has 1 aromatic heterocycles. The standard InChI is InChI=1S/C16H26N4O3/c1-19-7-5-18-15(19)16(22)9-12-3-4-13(10-16)20(12)11-14(21)17-6-8-23-2/h5,7,12-13,22H,3-4,6,8-11H2,1-2H3,(H,17,21). The Labute approximate surface area is 136 Å². The quantitative estimate of drug-likeness (QED) is 0.721. The lowest BCUT2D eigenvalue weighted by Gasteiger charge is -2.43. The van der Waals surface area contributed by atoms with Crippen molar-refractivity contribution in [1.82, 2.24) is 19.8 Å². The number of ether oxygens (including phenoxy) is 1. The Balaban J connectivity index is 1.63. The number of carbonyl (C=O) groups is 1. The van der Waals surface area contributed by atoms with Crippen LogP contribution < -0.4 is 5.32 Å². The average molecular weight is 322 g/mol. The SMILES string of the molecule is COCCNC(=O)CN1C2CCC1CC(O)(c1nccn1C)C2. The van der Waals surface area contributed by atoms with Gasteiger partial charge in [-0.1, -0.05) is 0 Å². The predicted octanol–water partition coefficient (Wildman–Crippen LogP) is -0.00290. The van der Waals surface area contributed by atoms with Crippen LogP contribution in [0.15, 0.2) is 12.4 Å². The highest BCUT2D eigenvalue weighted by molar-refractivity contribution is 5.78. The molecule has 2 atom stereocenters. The number of nitrogens with zero attached hydrogens (tertiary/aromatic N) is 3. The van der Waals surface area contributed by atoms with E-state index in [1.54, 1.807) is 13.3 Å². The molecule has 3 rings (SSSR count). The van der Waals surface area contributed by atoms with Crippen molar-refractivity contribution in [2.24, 2.45) is 7.05 Å². The van der Waals surface area contributed by atoms with Crippen LogP contribution in [0.25, 0.3) is 0 Å². The second-order valence-corrected chi connectivity index (χ2v) is 6.70. The van der Waals surface area contributed by atoms with E-state index < -0.39 is 5.60 Å². The Hall–Kier alpha value is -1.44. The Morgan fingerprint density at radius 1 is 1.48 bits per heavy atom. The number of carbonyl (C=O) groups excluding carboxylic acids is 1. The van der Waals surface area contributed by atoms with Crippen molar-refractivity contribution in [2.45, 2.75) is 43.4 Å². The maximum Gasteiger partial charge on any atom is 0.234 e. The molecule has 2 unspecified atom stereocenters. The number of nitrogens with one attached hydrogen (secondary N) is 1. The van der Waals surface area contributed by atoms with E-state index in [9.17, 15) is 9.90 Å². The van der Waals surface area contributed by atoms with E-state index in [-0.39, 0.29) is 18.0 Å². The summed E-state index contributed by atoms with van der Waals surface area (Å²) in [6.07, 6.45) is 6.93. The van der Waals surface area contributed by atoms with Crippen molar-refractivity contribution < 1.29 is 14.6 Å². The fourth-order valence-electron chi connectivity index (χ4n) is 4.09. The topological polar surface area (TPSA) is 79.6 Å². The van der Waals surface area contributed by atoms with Gasteiger partial charge >= 0.3 is 0 Å². The van der Waals surface area contributed by atoms with Crippen LogP contribution in [0.1, 0.15) is 31.5 Å². The van der Waals surface area contributed by atoms with Gasteiger partial charge in [0.1, 0.15) is 11.4 Å². The van der Waals surface area contributed by atoms with Crippen molar-refractivity contribution in [1.29, 1.82) is 0 Å². The average Bonchev–Trinajstić information content (AvgIpc) is 3.03. The van der Waals surface area contributed by atoms with E-state index in [0.717, 1.165) is 18.7 Å². The maximum absolute atomic E-state index is 12.1. The number of aromatic nitrogens is 2. The highest BCUT2D eigenvalue weighted by atomic mass is 16.5. The van der Waals surface area contributed by atoms with Crippen molar-refractivity contribution in [3.63, 3.8) is 0 Å². The Morgan fingerprint density at radius 2 is 2.17 bits per heavy atom. The Kier molecular flexibility index (Phi) is 4.70. The van der Waals surface area contributed by atoms with Gasteiger partial charge in [-0.05, 0) is 25.7 Å². The molecule has 1 amide bonds. The predicted molar refractivity (Wildman–Crippen MR) is 84.7 cm³/mol. The fraction of sp³-hybridized carbons (Fsp3) is 0.750. The molecular weight excluding hydrogens is 296 g/mol. The molecule has 0 aromatic carbocycles. The first-order valence-electron chi connectivity index (χ1n) is 8.25. The molecule has 2 N–H and O–H groups in total. The number of aliphatic hydroxyl groups is 1. The van der Waals surface area contributed by atoms with Gasteiger partial charge in [-0.2, -0.15) is 0 Å². The molecule has 2 aliphatic rings. The van der Waals surface area contributed by atoms with Crippen LogP contribution >= 0.6 is 0 Å². The molecule has 23 heavy (non-hydrogen) atoms. The lowest BCUT2D eigenvalue weighted by atomic mass is 9.85. The molecule has 2 bridgehead atoms. The number of hydrogen-bond acceptors (Lipinski definition) is 5. The molecule has 0 aliphatic carbocycles. The third-order valence-electron chi connectivity index (χ3n) is 5.11. The first kappa shape index (κ1) is 16.4. The first-order chi connectivity index (χ1) is 11.0. The summed E-state index contributed by atoms with van der Waals surface area (Å²) in [4.78, 5) is 18.7. The lowest BCUT2D eigenvalue weighted by molar-refractivity contribution is -0.126. The summed E-state index contributed by atoms with van der Waals surface area (Å²) >= 11 is 0. The molecule has 3 heterocycles. The van der Waals surface area contributed by atoms with Crippen molar-refractivity contribution >= 4 is 5.91 Å². The van der Waals surface area contributed by atoms with E-state index in [1.165, 1.54) is 0 Å². The molecule has 7 nitrogen and oxygen atoms in total. The van der Waals surface area contributed by atoms with Crippen molar-refractivity contribution in [2.75, 3.05) is 26.8 Å². The van der Waals surface area contributed by atoms with Crippen LogP contribution in [-0.2, 0) is 22.2 Å². The molecule has 0 spiro atoms. The van der Waals surface area contributed by atoms with E-state index in [1.807, 2.05) is 17.8 Å². The number of piperidine rings is 1. The van der Waals surface area contributed by atoms with Gasteiger partial charge in [0.2, 0.25) is 5.91 Å². The van der Waals surface area contributed by atoms with Gasteiger partial charge in [0.15, 0.2) is 0 Å². The fourth-order valence-corrected chi connectivity index (χ4v) is 4.09. The number of rotatable bonds is 6. The first-order valence-corrected chi connectivity index (χ1v) is 8.25. The molecule has 1 aromatic rings.